The predicted molar refractivity (Wildman–Crippen MR) is 66.6 cm³/mol. The topological polar surface area (TPSA) is 50.2 Å². The van der Waals surface area contributed by atoms with Crippen molar-refractivity contribution in [3.63, 3.8) is 0 Å². The van der Waals surface area contributed by atoms with Gasteiger partial charge in [-0.1, -0.05) is 53.5 Å². The van der Waals surface area contributed by atoms with Crippen LogP contribution in [0.1, 0.15) is 10.4 Å². The van der Waals surface area contributed by atoms with Crippen LogP contribution in [0, 0.1) is 5.82 Å². The third kappa shape index (κ3) is 2.17. The first-order chi connectivity index (χ1) is 8.52. The van der Waals surface area contributed by atoms with Gasteiger partial charge < -0.3 is 5.11 Å². The number of nitrogens with zero attached hydrogens (tertiary/aromatic N) is 1. The second kappa shape index (κ2) is 4.92. The molecule has 0 radical (unpaired) electrons. The molecule has 1 N–H and O–H groups in total. The number of carbonyl (C=O) groups is 1. The Morgan fingerprint density at radius 3 is 2.33 bits per heavy atom. The summed E-state index contributed by atoms with van der Waals surface area (Å²) in [5.74, 6) is -2.26. The van der Waals surface area contributed by atoms with Crippen LogP contribution in [0.2, 0.25) is 10.3 Å². The van der Waals surface area contributed by atoms with Gasteiger partial charge in [0, 0.05) is 5.56 Å². The second-order valence-corrected chi connectivity index (χ2v) is 4.14. The van der Waals surface area contributed by atoms with Gasteiger partial charge in [-0.25, -0.2) is 14.2 Å². The molecule has 0 aliphatic rings. The highest BCUT2D eigenvalue weighted by molar-refractivity contribution is 6.35. The smallest absolute Gasteiger partial charge is 0.339 e. The first kappa shape index (κ1) is 12.8. The minimum absolute atomic E-state index is 0.159. The number of halogens is 3. The molecule has 0 saturated heterocycles. The Balaban J connectivity index is 2.83. The predicted octanol–water partition coefficient (Wildman–Crippen LogP) is 3.89. The van der Waals surface area contributed by atoms with Crippen LogP contribution in [0.4, 0.5) is 4.39 Å². The summed E-state index contributed by atoms with van der Waals surface area (Å²) in [6.45, 7) is 0. The highest BCUT2D eigenvalue weighted by Gasteiger charge is 2.23. The SMILES string of the molecule is O=C(O)c1c(Cl)nc(Cl)c(F)c1-c1ccccc1. The molecule has 92 valence electrons. The van der Waals surface area contributed by atoms with Crippen molar-refractivity contribution in [1.82, 2.24) is 4.98 Å². The Morgan fingerprint density at radius 1 is 1.17 bits per heavy atom. The fourth-order valence-electron chi connectivity index (χ4n) is 1.58. The van der Waals surface area contributed by atoms with E-state index in [1.54, 1.807) is 30.3 Å². The van der Waals surface area contributed by atoms with Crippen molar-refractivity contribution in [3.8, 4) is 11.1 Å². The Bertz CT molecular complexity index is 617. The van der Waals surface area contributed by atoms with Gasteiger partial charge in [0.05, 0.1) is 0 Å². The number of carboxylic acids is 1. The number of aromatic carboxylic acids is 1. The molecule has 0 fully saturated rings. The van der Waals surface area contributed by atoms with Gasteiger partial charge in [-0.2, -0.15) is 0 Å². The first-order valence-corrected chi connectivity index (χ1v) is 5.61. The second-order valence-electron chi connectivity index (χ2n) is 3.43. The Labute approximate surface area is 112 Å². The molecule has 0 aliphatic heterocycles. The summed E-state index contributed by atoms with van der Waals surface area (Å²) in [5.41, 5.74) is -0.184. The molecule has 3 nitrogen and oxygen atoms in total. The zero-order valence-electron chi connectivity index (χ0n) is 8.82. The maximum Gasteiger partial charge on any atom is 0.339 e. The molecule has 0 bridgehead atoms. The van der Waals surface area contributed by atoms with Gasteiger partial charge >= 0.3 is 5.97 Å². The zero-order valence-corrected chi connectivity index (χ0v) is 10.3. The number of benzene rings is 1. The quantitative estimate of drug-likeness (QED) is 0.852. The highest BCUT2D eigenvalue weighted by atomic mass is 35.5. The van der Waals surface area contributed by atoms with Gasteiger partial charge in [0.1, 0.15) is 10.7 Å². The highest BCUT2D eigenvalue weighted by Crippen LogP contribution is 2.33. The maximum atomic E-state index is 14.0. The molecule has 0 saturated carbocycles. The van der Waals surface area contributed by atoms with E-state index >= 15 is 0 Å². The van der Waals surface area contributed by atoms with E-state index in [1.807, 2.05) is 0 Å². The molecule has 1 aromatic heterocycles. The van der Waals surface area contributed by atoms with Gasteiger partial charge in [-0.3, -0.25) is 0 Å². The fourth-order valence-corrected chi connectivity index (χ4v) is 2.06. The largest absolute Gasteiger partial charge is 0.478 e. The number of rotatable bonds is 2. The van der Waals surface area contributed by atoms with Gasteiger partial charge in [0.2, 0.25) is 0 Å². The molecule has 2 aromatic rings. The Hall–Kier alpha value is -1.65. The van der Waals surface area contributed by atoms with E-state index in [0.717, 1.165) is 0 Å². The van der Waals surface area contributed by atoms with E-state index in [-0.39, 0.29) is 10.7 Å². The average Bonchev–Trinajstić information content (AvgIpc) is 2.34. The van der Waals surface area contributed by atoms with E-state index in [0.29, 0.717) is 5.56 Å². The molecule has 1 heterocycles. The van der Waals surface area contributed by atoms with E-state index in [1.165, 1.54) is 0 Å². The van der Waals surface area contributed by atoms with Gasteiger partial charge in [0.25, 0.3) is 0 Å². The minimum atomic E-state index is -1.36. The van der Waals surface area contributed by atoms with E-state index in [9.17, 15) is 9.18 Å². The van der Waals surface area contributed by atoms with Crippen molar-refractivity contribution in [2.75, 3.05) is 0 Å². The van der Waals surface area contributed by atoms with Crippen LogP contribution in [0.25, 0.3) is 11.1 Å². The average molecular weight is 286 g/mol. The maximum absolute atomic E-state index is 14.0. The lowest BCUT2D eigenvalue weighted by Crippen LogP contribution is -2.05. The first-order valence-electron chi connectivity index (χ1n) is 4.85. The monoisotopic (exact) mass is 285 g/mol. The van der Waals surface area contributed by atoms with E-state index in [4.69, 9.17) is 28.3 Å². The van der Waals surface area contributed by atoms with Crippen LogP contribution in [0.5, 0.6) is 0 Å². The van der Waals surface area contributed by atoms with Crippen molar-refractivity contribution >= 4 is 29.2 Å². The van der Waals surface area contributed by atoms with Crippen LogP contribution in [-0.4, -0.2) is 16.1 Å². The standard InChI is InChI=1S/C12H6Cl2FNO2/c13-10-8(12(17)18)7(9(15)11(14)16-10)6-4-2-1-3-5-6/h1-5H,(H,17,18). The molecule has 2 rings (SSSR count). The van der Waals surface area contributed by atoms with E-state index in [2.05, 4.69) is 4.98 Å². The Morgan fingerprint density at radius 2 is 1.78 bits per heavy atom. The summed E-state index contributed by atoms with van der Waals surface area (Å²) in [4.78, 5) is 14.6. The van der Waals surface area contributed by atoms with Crippen molar-refractivity contribution < 1.29 is 14.3 Å². The number of hydrogen-bond donors (Lipinski definition) is 1. The van der Waals surface area contributed by atoms with Crippen molar-refractivity contribution in [2.24, 2.45) is 0 Å². The summed E-state index contributed by atoms with van der Waals surface area (Å²) < 4.78 is 14.0. The van der Waals surface area contributed by atoms with Crippen LogP contribution in [-0.2, 0) is 0 Å². The molecule has 0 aliphatic carbocycles. The molecular formula is C12H6Cl2FNO2. The molecule has 0 unspecified atom stereocenters. The molecular weight excluding hydrogens is 280 g/mol. The lowest BCUT2D eigenvalue weighted by Gasteiger charge is -2.10. The van der Waals surface area contributed by atoms with Crippen molar-refractivity contribution in [3.05, 3.63) is 52.0 Å². The fraction of sp³-hybridized carbons (Fsp3) is 0. The number of pyridine rings is 1. The zero-order chi connectivity index (χ0) is 13.3. The summed E-state index contributed by atoms with van der Waals surface area (Å²) >= 11 is 11.3. The third-order valence-electron chi connectivity index (χ3n) is 2.33. The van der Waals surface area contributed by atoms with E-state index < -0.39 is 22.5 Å². The van der Waals surface area contributed by atoms with Gasteiger partial charge in [0.15, 0.2) is 11.0 Å². The van der Waals surface area contributed by atoms with Crippen LogP contribution in [0.15, 0.2) is 30.3 Å². The van der Waals surface area contributed by atoms with Crippen LogP contribution < -0.4 is 0 Å². The van der Waals surface area contributed by atoms with Crippen LogP contribution in [0.3, 0.4) is 0 Å². The summed E-state index contributed by atoms with van der Waals surface area (Å²) in [6, 6.07) is 8.17. The molecule has 1 aromatic carbocycles. The normalized spacial score (nSPS) is 10.4. The number of carboxylic acid groups (broad SMARTS) is 1. The van der Waals surface area contributed by atoms with Gasteiger partial charge in [-0.15, -0.1) is 0 Å². The summed E-state index contributed by atoms with van der Waals surface area (Å²) in [5, 5.41) is 8.29. The number of hydrogen-bond acceptors (Lipinski definition) is 2. The minimum Gasteiger partial charge on any atom is -0.478 e. The van der Waals surface area contributed by atoms with Crippen molar-refractivity contribution in [2.45, 2.75) is 0 Å². The number of aromatic nitrogens is 1. The molecule has 0 spiro atoms. The molecule has 0 amide bonds. The lowest BCUT2D eigenvalue weighted by atomic mass is 10.0. The van der Waals surface area contributed by atoms with Crippen LogP contribution >= 0.6 is 23.2 Å². The lowest BCUT2D eigenvalue weighted by molar-refractivity contribution is 0.0697. The summed E-state index contributed by atoms with van der Waals surface area (Å²) in [6.07, 6.45) is 0. The molecule has 0 atom stereocenters. The van der Waals surface area contributed by atoms with Gasteiger partial charge in [-0.05, 0) is 5.56 Å². The molecule has 6 heteroatoms. The summed E-state index contributed by atoms with van der Waals surface area (Å²) in [7, 11) is 0. The third-order valence-corrected chi connectivity index (χ3v) is 2.85. The molecule has 18 heavy (non-hydrogen) atoms. The Kier molecular flexibility index (Phi) is 3.50. The van der Waals surface area contributed by atoms with Crippen molar-refractivity contribution in [1.29, 1.82) is 0 Å².